The minimum atomic E-state index is -0.419. The van der Waals surface area contributed by atoms with Crippen molar-refractivity contribution in [1.29, 1.82) is 0 Å². The summed E-state index contributed by atoms with van der Waals surface area (Å²) in [4.78, 5) is 11.5. The lowest BCUT2D eigenvalue weighted by atomic mass is 10.3. The topological polar surface area (TPSA) is 35.5 Å². The van der Waals surface area contributed by atoms with E-state index in [1.807, 2.05) is 0 Å². The Bertz CT molecular complexity index is 184. The highest BCUT2D eigenvalue weighted by molar-refractivity contribution is 7.84. The third kappa shape index (κ3) is 2.46. The average Bonchev–Trinajstić information content (AvgIpc) is 2.31. The summed E-state index contributed by atoms with van der Waals surface area (Å²) in [5, 5.41) is 0. The van der Waals surface area contributed by atoms with Gasteiger partial charge in [-0.25, -0.2) is 4.79 Å². The summed E-state index contributed by atoms with van der Waals surface area (Å²) < 4.78 is 9.74. The van der Waals surface area contributed by atoms with Gasteiger partial charge in [0.15, 0.2) is 6.10 Å². The lowest BCUT2D eigenvalue weighted by Crippen LogP contribution is -2.15. The molecule has 11 heavy (non-hydrogen) atoms. The van der Waals surface area contributed by atoms with Crippen LogP contribution in [0.15, 0.2) is 11.2 Å². The quantitative estimate of drug-likeness (QED) is 0.387. The molecule has 1 atom stereocenters. The normalized spacial score (nSPS) is 25.1. The summed E-state index contributed by atoms with van der Waals surface area (Å²) in [5.41, 5.74) is 0. The Kier molecular flexibility index (Phi) is 2.82. The second-order valence-corrected chi connectivity index (χ2v) is 3.05. The molecule has 1 aliphatic rings. The van der Waals surface area contributed by atoms with Gasteiger partial charge in [-0.05, 0) is 6.92 Å². The van der Waals surface area contributed by atoms with Crippen molar-refractivity contribution in [2.75, 3.05) is 6.61 Å². The summed E-state index contributed by atoms with van der Waals surface area (Å²) in [7, 11) is 0. The molecule has 1 heterocycles. The molecule has 0 aliphatic carbocycles. The second-order valence-electron chi connectivity index (χ2n) is 2.34. The highest BCUT2D eigenvalue weighted by Gasteiger charge is 2.26. The Morgan fingerprint density at radius 2 is 2.64 bits per heavy atom. The lowest BCUT2D eigenvalue weighted by molar-refractivity contribution is -0.144. The number of carbonyl (C=O) groups excluding carboxylic acids is 1. The predicted molar refractivity (Wildman–Crippen MR) is 43.2 cm³/mol. The lowest BCUT2D eigenvalue weighted by Gasteiger charge is -2.03. The largest absolute Gasteiger partial charge is 0.485 e. The number of thiol groups is 1. The zero-order valence-electron chi connectivity index (χ0n) is 6.24. The molecule has 0 aromatic carbocycles. The van der Waals surface area contributed by atoms with E-state index in [0.717, 1.165) is 4.91 Å². The molecule has 0 saturated carbocycles. The first-order valence-corrected chi connectivity index (χ1v) is 3.82. The molecule has 1 aliphatic heterocycles. The minimum absolute atomic E-state index is 0.282. The van der Waals surface area contributed by atoms with Crippen molar-refractivity contribution in [3.05, 3.63) is 11.2 Å². The van der Waals surface area contributed by atoms with Crippen LogP contribution in [0.1, 0.15) is 13.3 Å². The number of allylic oxidation sites excluding steroid dienone is 1. The number of ether oxygens (including phenoxy) is 2. The van der Waals surface area contributed by atoms with Crippen molar-refractivity contribution in [2.45, 2.75) is 19.4 Å². The van der Waals surface area contributed by atoms with Crippen molar-refractivity contribution in [3.8, 4) is 0 Å². The van der Waals surface area contributed by atoms with E-state index in [1.165, 1.54) is 6.26 Å². The fourth-order valence-electron chi connectivity index (χ4n) is 0.782. The van der Waals surface area contributed by atoms with E-state index in [9.17, 15) is 4.79 Å². The summed E-state index contributed by atoms with van der Waals surface area (Å²) in [6.45, 7) is 2.24. The number of hydrogen-bond acceptors (Lipinski definition) is 4. The molecule has 1 saturated heterocycles. The summed E-state index contributed by atoms with van der Waals surface area (Å²) in [5.74, 6) is -0.282. The molecule has 1 unspecified atom stereocenters. The van der Waals surface area contributed by atoms with Crippen molar-refractivity contribution < 1.29 is 14.3 Å². The predicted octanol–water partition coefficient (Wildman–Crippen LogP) is 1.11. The van der Waals surface area contributed by atoms with E-state index in [1.54, 1.807) is 6.92 Å². The van der Waals surface area contributed by atoms with Gasteiger partial charge in [-0.3, -0.25) is 0 Å². The van der Waals surface area contributed by atoms with Crippen LogP contribution in [-0.4, -0.2) is 18.7 Å². The highest BCUT2D eigenvalue weighted by Crippen LogP contribution is 2.11. The molecule has 4 heteroatoms. The Hall–Kier alpha value is -0.640. The van der Waals surface area contributed by atoms with Gasteiger partial charge in [0.2, 0.25) is 0 Å². The van der Waals surface area contributed by atoms with Gasteiger partial charge in [0, 0.05) is 11.3 Å². The standard InChI is InChI=1S/C7H10O3S/c1-5(11)4-10-6-2-3-9-7(6)8/h4,6,11H,2-3H2,1H3. The van der Waals surface area contributed by atoms with Crippen LogP contribution in [0.2, 0.25) is 0 Å². The molecule has 3 nitrogen and oxygen atoms in total. The van der Waals surface area contributed by atoms with Crippen molar-refractivity contribution in [2.24, 2.45) is 0 Å². The van der Waals surface area contributed by atoms with Crippen molar-refractivity contribution in [3.63, 3.8) is 0 Å². The van der Waals surface area contributed by atoms with Crippen LogP contribution in [0.3, 0.4) is 0 Å². The maximum absolute atomic E-state index is 10.8. The van der Waals surface area contributed by atoms with Gasteiger partial charge in [-0.1, -0.05) is 0 Å². The third-order valence-corrected chi connectivity index (χ3v) is 1.40. The third-order valence-electron chi connectivity index (χ3n) is 1.29. The molecule has 0 aromatic rings. The number of esters is 1. The van der Waals surface area contributed by atoms with Crippen LogP contribution < -0.4 is 0 Å². The Balaban J connectivity index is 2.37. The maximum atomic E-state index is 10.8. The van der Waals surface area contributed by atoms with Crippen LogP contribution in [0.4, 0.5) is 0 Å². The van der Waals surface area contributed by atoms with E-state index in [-0.39, 0.29) is 5.97 Å². The minimum Gasteiger partial charge on any atom is -0.485 e. The molecule has 62 valence electrons. The van der Waals surface area contributed by atoms with Crippen LogP contribution in [0.5, 0.6) is 0 Å². The van der Waals surface area contributed by atoms with Crippen LogP contribution in [0, 0.1) is 0 Å². The van der Waals surface area contributed by atoms with E-state index in [0.29, 0.717) is 13.0 Å². The summed E-state index contributed by atoms with van der Waals surface area (Å²) in [6.07, 6.45) is 1.67. The first-order valence-electron chi connectivity index (χ1n) is 3.38. The van der Waals surface area contributed by atoms with Crippen LogP contribution in [0.25, 0.3) is 0 Å². The molecular weight excluding hydrogens is 164 g/mol. The molecule has 0 bridgehead atoms. The van der Waals surface area contributed by atoms with Gasteiger partial charge in [-0.2, -0.15) is 0 Å². The van der Waals surface area contributed by atoms with Crippen molar-refractivity contribution >= 4 is 18.6 Å². The van der Waals surface area contributed by atoms with Gasteiger partial charge in [0.05, 0.1) is 12.9 Å². The van der Waals surface area contributed by atoms with E-state index >= 15 is 0 Å². The summed E-state index contributed by atoms with van der Waals surface area (Å²) >= 11 is 3.98. The van der Waals surface area contributed by atoms with Gasteiger partial charge in [-0.15, -0.1) is 12.6 Å². The Morgan fingerprint density at radius 3 is 3.09 bits per heavy atom. The molecule has 0 aromatic heterocycles. The van der Waals surface area contributed by atoms with E-state index in [4.69, 9.17) is 4.74 Å². The van der Waals surface area contributed by atoms with Gasteiger partial charge in [0.25, 0.3) is 0 Å². The van der Waals surface area contributed by atoms with E-state index in [2.05, 4.69) is 17.4 Å². The van der Waals surface area contributed by atoms with Crippen LogP contribution >= 0.6 is 12.6 Å². The fraction of sp³-hybridized carbons (Fsp3) is 0.571. The van der Waals surface area contributed by atoms with E-state index < -0.39 is 6.10 Å². The zero-order chi connectivity index (χ0) is 8.27. The molecule has 0 amide bonds. The van der Waals surface area contributed by atoms with Gasteiger partial charge < -0.3 is 9.47 Å². The Labute approximate surface area is 70.8 Å². The number of hydrogen-bond donors (Lipinski definition) is 1. The molecule has 1 fully saturated rings. The second kappa shape index (κ2) is 3.67. The molecular formula is C7H10O3S. The highest BCUT2D eigenvalue weighted by atomic mass is 32.1. The molecule has 0 spiro atoms. The maximum Gasteiger partial charge on any atom is 0.347 e. The monoisotopic (exact) mass is 174 g/mol. The number of cyclic esters (lactones) is 1. The first-order chi connectivity index (χ1) is 5.20. The first kappa shape index (κ1) is 8.46. The molecule has 1 rings (SSSR count). The van der Waals surface area contributed by atoms with Crippen molar-refractivity contribution in [1.82, 2.24) is 0 Å². The van der Waals surface area contributed by atoms with Gasteiger partial charge >= 0.3 is 5.97 Å². The summed E-state index contributed by atoms with van der Waals surface area (Å²) in [6, 6.07) is 0. The fourth-order valence-corrected chi connectivity index (χ4v) is 0.842. The Morgan fingerprint density at radius 1 is 1.91 bits per heavy atom. The van der Waals surface area contributed by atoms with Gasteiger partial charge in [0.1, 0.15) is 0 Å². The molecule has 0 radical (unpaired) electrons. The van der Waals surface area contributed by atoms with Crippen LogP contribution in [-0.2, 0) is 14.3 Å². The SMILES string of the molecule is CC(S)=COC1CCOC1=O. The number of rotatable bonds is 2. The average molecular weight is 174 g/mol. The zero-order valence-corrected chi connectivity index (χ0v) is 7.14. The smallest absolute Gasteiger partial charge is 0.347 e. The number of carbonyl (C=O) groups is 1. The molecule has 0 N–H and O–H groups in total.